The highest BCUT2D eigenvalue weighted by molar-refractivity contribution is 6.30. The second-order valence-corrected chi connectivity index (χ2v) is 6.80. The van der Waals surface area contributed by atoms with Crippen LogP contribution in [0.15, 0.2) is 48.5 Å². The van der Waals surface area contributed by atoms with Gasteiger partial charge in [0.25, 0.3) is 0 Å². The molecule has 2 heteroatoms. The Bertz CT molecular complexity index is 582. The molecule has 1 unspecified atom stereocenters. The third kappa shape index (κ3) is 3.91. The van der Waals surface area contributed by atoms with E-state index in [4.69, 9.17) is 11.6 Å². The molecule has 1 heterocycles. The van der Waals surface area contributed by atoms with Crippen molar-refractivity contribution in [3.05, 3.63) is 59.1 Å². The molecule has 2 aromatic carbocycles. The van der Waals surface area contributed by atoms with Gasteiger partial charge in [0.15, 0.2) is 0 Å². The number of benzene rings is 2. The maximum atomic E-state index is 5.95. The van der Waals surface area contributed by atoms with Gasteiger partial charge in [-0.3, -0.25) is 0 Å². The monoisotopic (exact) mass is 313 g/mol. The second-order valence-electron chi connectivity index (χ2n) is 6.37. The van der Waals surface area contributed by atoms with Crippen molar-refractivity contribution < 1.29 is 0 Å². The maximum absolute atomic E-state index is 5.95. The predicted octanol–water partition coefficient (Wildman–Crippen LogP) is 5.60. The molecule has 1 aliphatic rings. The van der Waals surface area contributed by atoms with Crippen molar-refractivity contribution in [2.24, 2.45) is 0 Å². The third-order valence-electron chi connectivity index (χ3n) is 4.73. The smallest absolute Gasteiger partial charge is 0.0406 e. The number of likely N-dealkylation sites (tertiary alicyclic amines) is 1. The summed E-state index contributed by atoms with van der Waals surface area (Å²) >= 11 is 5.95. The molecule has 2 aromatic rings. The third-order valence-corrected chi connectivity index (χ3v) is 4.99. The van der Waals surface area contributed by atoms with Crippen LogP contribution < -0.4 is 0 Å². The molecule has 0 radical (unpaired) electrons. The van der Waals surface area contributed by atoms with Crippen molar-refractivity contribution in [3.8, 4) is 11.1 Å². The summed E-state index contributed by atoms with van der Waals surface area (Å²) in [5.74, 6) is 0.625. The molecule has 0 bridgehead atoms. The number of hydrogen-bond acceptors (Lipinski definition) is 1. The topological polar surface area (TPSA) is 3.24 Å². The van der Waals surface area contributed by atoms with Gasteiger partial charge in [0.1, 0.15) is 0 Å². The Kier molecular flexibility index (Phi) is 5.17. The summed E-state index contributed by atoms with van der Waals surface area (Å²) in [6, 6.07) is 17.1. The lowest BCUT2D eigenvalue weighted by molar-refractivity contribution is 0.324. The van der Waals surface area contributed by atoms with Crippen LogP contribution in [-0.4, -0.2) is 24.5 Å². The van der Waals surface area contributed by atoms with Crippen LogP contribution >= 0.6 is 11.6 Å². The first-order chi connectivity index (χ1) is 10.7. The lowest BCUT2D eigenvalue weighted by atomic mass is 9.95. The number of nitrogens with zero attached hydrogens (tertiary/aromatic N) is 1. The first kappa shape index (κ1) is 15.6. The lowest BCUT2D eigenvalue weighted by Crippen LogP contribution is -2.21. The Balaban J connectivity index is 1.61. The van der Waals surface area contributed by atoms with Crippen LogP contribution in [0.5, 0.6) is 0 Å². The Morgan fingerprint density at radius 3 is 2.05 bits per heavy atom. The van der Waals surface area contributed by atoms with Crippen molar-refractivity contribution in [2.75, 3.05) is 19.6 Å². The zero-order valence-corrected chi connectivity index (χ0v) is 14.0. The maximum Gasteiger partial charge on any atom is 0.0406 e. The molecule has 0 aromatic heterocycles. The molecule has 1 nitrogen and oxygen atoms in total. The Morgan fingerprint density at radius 1 is 0.909 bits per heavy atom. The molecule has 1 atom stereocenters. The molecule has 1 fully saturated rings. The van der Waals surface area contributed by atoms with E-state index in [-0.39, 0.29) is 0 Å². The largest absolute Gasteiger partial charge is 0.303 e. The van der Waals surface area contributed by atoms with Gasteiger partial charge in [0, 0.05) is 5.02 Å². The summed E-state index contributed by atoms with van der Waals surface area (Å²) in [4.78, 5) is 2.60. The van der Waals surface area contributed by atoms with Gasteiger partial charge in [-0.25, -0.2) is 0 Å². The highest BCUT2D eigenvalue weighted by atomic mass is 35.5. The number of halogens is 1. The van der Waals surface area contributed by atoms with E-state index in [1.54, 1.807) is 0 Å². The van der Waals surface area contributed by atoms with Crippen molar-refractivity contribution in [3.63, 3.8) is 0 Å². The Hall–Kier alpha value is -1.31. The molecule has 22 heavy (non-hydrogen) atoms. The van der Waals surface area contributed by atoms with Crippen molar-refractivity contribution in [1.82, 2.24) is 4.90 Å². The fourth-order valence-corrected chi connectivity index (χ4v) is 3.32. The molecule has 0 spiro atoms. The highest BCUT2D eigenvalue weighted by Gasteiger charge is 2.13. The van der Waals surface area contributed by atoms with Crippen LogP contribution in [0.1, 0.15) is 37.7 Å². The highest BCUT2D eigenvalue weighted by Crippen LogP contribution is 2.26. The molecule has 0 N–H and O–H groups in total. The van der Waals surface area contributed by atoms with E-state index >= 15 is 0 Å². The fourth-order valence-electron chi connectivity index (χ4n) is 3.20. The average molecular weight is 314 g/mol. The van der Waals surface area contributed by atoms with Crippen LogP contribution in [-0.2, 0) is 0 Å². The van der Waals surface area contributed by atoms with E-state index in [0.717, 1.165) is 5.02 Å². The average Bonchev–Trinajstić information content (AvgIpc) is 3.07. The summed E-state index contributed by atoms with van der Waals surface area (Å²) in [6.07, 6.45) is 4.01. The molecule has 0 saturated carbocycles. The van der Waals surface area contributed by atoms with Crippen LogP contribution in [0.4, 0.5) is 0 Å². The van der Waals surface area contributed by atoms with E-state index in [9.17, 15) is 0 Å². The standard InChI is InChI=1S/C20H24ClN/c1-16(12-15-22-13-2-3-14-22)17-4-6-18(7-5-17)19-8-10-20(21)11-9-19/h4-11,16H,2-3,12-15H2,1H3. The fraction of sp³-hybridized carbons (Fsp3) is 0.400. The zero-order chi connectivity index (χ0) is 15.4. The summed E-state index contributed by atoms with van der Waals surface area (Å²) in [5, 5.41) is 0.788. The summed E-state index contributed by atoms with van der Waals surface area (Å²) in [6.45, 7) is 6.16. The molecule has 1 aliphatic heterocycles. The zero-order valence-electron chi connectivity index (χ0n) is 13.3. The van der Waals surface area contributed by atoms with Gasteiger partial charge in [-0.1, -0.05) is 54.9 Å². The summed E-state index contributed by atoms with van der Waals surface area (Å²) in [5.41, 5.74) is 3.92. The predicted molar refractivity (Wildman–Crippen MR) is 95.6 cm³/mol. The number of hydrogen-bond donors (Lipinski definition) is 0. The van der Waals surface area contributed by atoms with E-state index in [2.05, 4.69) is 48.2 Å². The van der Waals surface area contributed by atoms with Crippen LogP contribution in [0, 0.1) is 0 Å². The van der Waals surface area contributed by atoms with Gasteiger partial charge < -0.3 is 4.90 Å². The quantitative estimate of drug-likeness (QED) is 0.695. The molecular formula is C20H24ClN. The van der Waals surface area contributed by atoms with Gasteiger partial charge >= 0.3 is 0 Å². The van der Waals surface area contributed by atoms with E-state index in [1.165, 1.54) is 55.6 Å². The molecule has 3 rings (SSSR count). The first-order valence-electron chi connectivity index (χ1n) is 8.30. The van der Waals surface area contributed by atoms with Crippen LogP contribution in [0.2, 0.25) is 5.02 Å². The van der Waals surface area contributed by atoms with Gasteiger partial charge in [0.2, 0.25) is 0 Å². The lowest BCUT2D eigenvalue weighted by Gasteiger charge is -2.18. The normalized spacial score (nSPS) is 16.8. The first-order valence-corrected chi connectivity index (χ1v) is 8.68. The minimum atomic E-state index is 0.625. The van der Waals surface area contributed by atoms with Crippen molar-refractivity contribution >= 4 is 11.6 Å². The molecular weight excluding hydrogens is 290 g/mol. The second kappa shape index (κ2) is 7.30. The van der Waals surface area contributed by atoms with Gasteiger partial charge in [0.05, 0.1) is 0 Å². The SMILES string of the molecule is CC(CCN1CCCC1)c1ccc(-c2ccc(Cl)cc2)cc1. The van der Waals surface area contributed by atoms with E-state index in [0.29, 0.717) is 5.92 Å². The molecule has 0 amide bonds. The Morgan fingerprint density at radius 2 is 1.45 bits per heavy atom. The molecule has 116 valence electrons. The van der Waals surface area contributed by atoms with Gasteiger partial charge in [-0.2, -0.15) is 0 Å². The van der Waals surface area contributed by atoms with Gasteiger partial charge in [-0.05, 0) is 73.6 Å². The minimum absolute atomic E-state index is 0.625. The number of rotatable bonds is 5. The van der Waals surface area contributed by atoms with Gasteiger partial charge in [-0.15, -0.1) is 0 Å². The minimum Gasteiger partial charge on any atom is -0.303 e. The summed E-state index contributed by atoms with van der Waals surface area (Å²) in [7, 11) is 0. The van der Waals surface area contributed by atoms with E-state index in [1.807, 2.05) is 12.1 Å². The molecule has 0 aliphatic carbocycles. The summed E-state index contributed by atoms with van der Waals surface area (Å²) < 4.78 is 0. The van der Waals surface area contributed by atoms with Crippen molar-refractivity contribution in [2.45, 2.75) is 32.1 Å². The van der Waals surface area contributed by atoms with E-state index < -0.39 is 0 Å². The van der Waals surface area contributed by atoms with Crippen molar-refractivity contribution in [1.29, 1.82) is 0 Å². The Labute approximate surface area is 138 Å². The molecule has 1 saturated heterocycles. The van der Waals surface area contributed by atoms with Crippen LogP contribution in [0.25, 0.3) is 11.1 Å². The van der Waals surface area contributed by atoms with Crippen LogP contribution in [0.3, 0.4) is 0 Å².